The number of fused-ring (bicyclic) bond motifs is 2. The van der Waals surface area contributed by atoms with Crippen molar-refractivity contribution in [3.8, 4) is 0 Å². The molecule has 0 radical (unpaired) electrons. The standard InChI is InChI=1S/C20H24FN10O10P/c21-8-11(33)7(40-18(8)30-4-26-9-14(22)24-3-25-15(9)30)2-38-42(36,37)41-13-12(34)6(1-32)39-19(13)31-5-27-10-16(31)28-20(23)29-17(10)35/h3-8,11-13,18-19,32-34H,1-2H2,(H,36,37)(H2,22,24,25)(H3,23,28,29,35)/t6-,7-,8+,11?,12?,13+,18-,19-/m1/s1. The fourth-order valence-electron chi connectivity index (χ4n) is 4.81. The number of H-pyrrole nitrogens is 1. The largest absolute Gasteiger partial charge is 0.472 e. The summed E-state index contributed by atoms with van der Waals surface area (Å²) in [6.07, 6.45) is -9.34. The van der Waals surface area contributed by atoms with Crippen LogP contribution in [0, 0.1) is 0 Å². The molecular weight excluding hydrogens is 590 g/mol. The maximum atomic E-state index is 15.1. The Kier molecular flexibility index (Phi) is 7.15. The van der Waals surface area contributed by atoms with E-state index in [0.29, 0.717) is 0 Å². The monoisotopic (exact) mass is 614 g/mol. The Labute approximate surface area is 232 Å². The number of hydrogen-bond acceptors (Lipinski definition) is 16. The molecule has 0 spiro atoms. The van der Waals surface area contributed by atoms with Crippen LogP contribution in [0.25, 0.3) is 22.3 Å². The number of halogens is 1. The maximum Gasteiger partial charge on any atom is 0.472 e. The number of aromatic amines is 1. The molecule has 226 valence electrons. The second-order valence-electron chi connectivity index (χ2n) is 9.43. The molecule has 6 heterocycles. The highest BCUT2D eigenvalue weighted by Crippen LogP contribution is 2.50. The predicted octanol–water partition coefficient (Wildman–Crippen LogP) is -2.53. The average Bonchev–Trinajstić information content (AvgIpc) is 3.69. The quantitative estimate of drug-likeness (QED) is 0.101. The van der Waals surface area contributed by atoms with E-state index in [4.69, 9.17) is 30.0 Å². The summed E-state index contributed by atoms with van der Waals surface area (Å²) in [5.74, 6) is -0.222. The van der Waals surface area contributed by atoms with Crippen molar-refractivity contribution >= 4 is 41.9 Å². The second-order valence-corrected chi connectivity index (χ2v) is 10.8. The molecule has 42 heavy (non-hydrogen) atoms. The van der Waals surface area contributed by atoms with Gasteiger partial charge in [-0.3, -0.25) is 28.0 Å². The third-order valence-corrected chi connectivity index (χ3v) is 7.81. The average molecular weight is 614 g/mol. The summed E-state index contributed by atoms with van der Waals surface area (Å²) < 4.78 is 51.7. The van der Waals surface area contributed by atoms with Crippen molar-refractivity contribution < 1.29 is 47.7 Å². The summed E-state index contributed by atoms with van der Waals surface area (Å²) in [7, 11) is -5.10. The topological polar surface area (TPSA) is 294 Å². The fraction of sp³-hybridized carbons (Fsp3) is 0.500. The number of ether oxygens (including phenoxy) is 2. The highest BCUT2D eigenvalue weighted by atomic mass is 31.2. The third kappa shape index (κ3) is 4.79. The minimum absolute atomic E-state index is 0.0421. The molecule has 0 aliphatic carbocycles. The third-order valence-electron chi connectivity index (χ3n) is 6.83. The van der Waals surface area contributed by atoms with Gasteiger partial charge in [-0.15, -0.1) is 0 Å². The van der Waals surface area contributed by atoms with Gasteiger partial charge in [-0.25, -0.2) is 28.9 Å². The van der Waals surface area contributed by atoms with Crippen molar-refractivity contribution in [2.24, 2.45) is 0 Å². The van der Waals surface area contributed by atoms with E-state index in [1.807, 2.05) is 0 Å². The molecule has 0 saturated carbocycles. The number of aliphatic hydroxyl groups is 3. The molecule has 2 aliphatic heterocycles. The van der Waals surface area contributed by atoms with Gasteiger partial charge in [0.1, 0.15) is 42.4 Å². The Hall–Kier alpha value is -3.66. The van der Waals surface area contributed by atoms with Gasteiger partial charge >= 0.3 is 7.82 Å². The van der Waals surface area contributed by atoms with Gasteiger partial charge in [-0.2, -0.15) is 4.98 Å². The molecule has 0 aromatic carbocycles. The first-order chi connectivity index (χ1) is 20.0. The number of nitrogens with zero attached hydrogens (tertiary/aromatic N) is 7. The van der Waals surface area contributed by atoms with Crippen LogP contribution >= 0.6 is 7.82 Å². The number of nitrogens with one attached hydrogen (secondary N) is 1. The summed E-state index contributed by atoms with van der Waals surface area (Å²) in [6.45, 7) is -1.54. The van der Waals surface area contributed by atoms with E-state index in [0.717, 1.165) is 17.2 Å². The molecule has 4 aromatic heterocycles. The van der Waals surface area contributed by atoms with Crippen molar-refractivity contribution in [2.45, 2.75) is 49.1 Å². The van der Waals surface area contributed by atoms with E-state index in [2.05, 4.69) is 29.9 Å². The van der Waals surface area contributed by atoms with Crippen molar-refractivity contribution in [2.75, 3.05) is 24.7 Å². The number of anilines is 2. The molecule has 6 rings (SSSR count). The van der Waals surface area contributed by atoms with E-state index in [-0.39, 0.29) is 34.1 Å². The zero-order valence-electron chi connectivity index (χ0n) is 21.1. The molecule has 3 unspecified atom stereocenters. The van der Waals surface area contributed by atoms with Crippen LogP contribution in [-0.2, 0) is 23.1 Å². The van der Waals surface area contributed by atoms with E-state index in [1.54, 1.807) is 0 Å². The molecular formula is C20H24FN10O10P. The Morgan fingerprint density at radius 2 is 1.71 bits per heavy atom. The number of alkyl halides is 1. The summed E-state index contributed by atoms with van der Waals surface area (Å²) in [5.41, 5.74) is 10.7. The minimum atomic E-state index is -5.10. The van der Waals surface area contributed by atoms with E-state index in [9.17, 15) is 29.6 Å². The molecule has 9 atom stereocenters. The van der Waals surface area contributed by atoms with Gasteiger partial charge in [0.25, 0.3) is 5.56 Å². The lowest BCUT2D eigenvalue weighted by Gasteiger charge is -2.24. The summed E-state index contributed by atoms with van der Waals surface area (Å²) in [4.78, 5) is 44.7. The van der Waals surface area contributed by atoms with Crippen LogP contribution in [-0.4, -0.2) is 109 Å². The van der Waals surface area contributed by atoms with Gasteiger partial charge in [-0.05, 0) is 0 Å². The minimum Gasteiger partial charge on any atom is -0.394 e. The summed E-state index contributed by atoms with van der Waals surface area (Å²) >= 11 is 0. The maximum absolute atomic E-state index is 15.1. The van der Waals surface area contributed by atoms with Crippen LogP contribution in [0.3, 0.4) is 0 Å². The van der Waals surface area contributed by atoms with E-state index in [1.165, 1.54) is 10.9 Å². The Balaban J connectivity index is 1.19. The number of phosphoric acid groups is 1. The smallest absolute Gasteiger partial charge is 0.394 e. The SMILES string of the molecule is Nc1nc2c(ncn2[C@@H]2O[C@H](CO)C(O)[C@@H]2OP(=O)(O)OC[C@H]2O[C@@H](n3cnc4c(N)ncnc43)[C@@H](F)C2O)c(=O)[nH]1. The summed E-state index contributed by atoms with van der Waals surface area (Å²) in [5, 5.41) is 30.7. The highest BCUT2D eigenvalue weighted by Gasteiger charge is 2.51. The van der Waals surface area contributed by atoms with Gasteiger partial charge in [0.15, 0.2) is 41.3 Å². The first-order valence-corrected chi connectivity index (χ1v) is 13.7. The number of aromatic nitrogens is 8. The lowest BCUT2D eigenvalue weighted by molar-refractivity contribution is -0.0600. The van der Waals surface area contributed by atoms with Crippen molar-refractivity contribution in [1.82, 2.24) is 39.0 Å². The fourth-order valence-corrected chi connectivity index (χ4v) is 5.74. The lowest BCUT2D eigenvalue weighted by atomic mass is 10.1. The molecule has 2 fully saturated rings. The number of hydrogen-bond donors (Lipinski definition) is 7. The number of imidazole rings is 2. The van der Waals surface area contributed by atoms with Crippen LogP contribution in [0.1, 0.15) is 12.5 Å². The van der Waals surface area contributed by atoms with Crippen LogP contribution in [0.15, 0.2) is 23.8 Å². The van der Waals surface area contributed by atoms with Crippen LogP contribution in [0.5, 0.6) is 0 Å². The van der Waals surface area contributed by atoms with Gasteiger partial charge in [0, 0.05) is 0 Å². The zero-order valence-corrected chi connectivity index (χ0v) is 22.0. The molecule has 0 amide bonds. The van der Waals surface area contributed by atoms with Gasteiger partial charge < -0.3 is 41.2 Å². The Morgan fingerprint density at radius 1 is 1.02 bits per heavy atom. The van der Waals surface area contributed by atoms with E-state index < -0.39 is 75.7 Å². The first kappa shape index (κ1) is 28.5. The van der Waals surface area contributed by atoms with E-state index >= 15 is 4.39 Å². The zero-order chi connectivity index (χ0) is 29.9. The molecule has 2 aliphatic rings. The highest BCUT2D eigenvalue weighted by molar-refractivity contribution is 7.47. The number of rotatable bonds is 8. The Morgan fingerprint density at radius 3 is 2.45 bits per heavy atom. The summed E-state index contributed by atoms with van der Waals surface area (Å²) in [6, 6.07) is 0. The number of aliphatic hydroxyl groups excluding tert-OH is 3. The molecule has 0 bridgehead atoms. The number of nitrogen functional groups attached to an aromatic ring is 2. The normalized spacial score (nSPS) is 31.3. The molecule has 9 N–H and O–H groups in total. The second kappa shape index (κ2) is 10.6. The molecule has 22 heteroatoms. The number of nitrogens with two attached hydrogens (primary N) is 2. The van der Waals surface area contributed by atoms with Crippen LogP contribution < -0.4 is 17.0 Å². The molecule has 2 saturated heterocycles. The predicted molar refractivity (Wildman–Crippen MR) is 135 cm³/mol. The Bertz CT molecular complexity index is 1730. The van der Waals surface area contributed by atoms with Gasteiger partial charge in [0.2, 0.25) is 5.95 Å². The van der Waals surface area contributed by atoms with Crippen LogP contribution in [0.2, 0.25) is 0 Å². The first-order valence-electron chi connectivity index (χ1n) is 12.2. The number of phosphoric ester groups is 1. The van der Waals surface area contributed by atoms with Gasteiger partial charge in [0.05, 0.1) is 25.9 Å². The van der Waals surface area contributed by atoms with Crippen molar-refractivity contribution in [3.63, 3.8) is 0 Å². The van der Waals surface area contributed by atoms with Crippen molar-refractivity contribution in [1.29, 1.82) is 0 Å². The molecule has 4 aromatic rings. The molecule has 20 nitrogen and oxygen atoms in total. The lowest BCUT2D eigenvalue weighted by Crippen LogP contribution is -2.35. The van der Waals surface area contributed by atoms with Crippen LogP contribution in [0.4, 0.5) is 16.2 Å². The van der Waals surface area contributed by atoms with Gasteiger partial charge in [-0.1, -0.05) is 0 Å². The van der Waals surface area contributed by atoms with Crippen molar-refractivity contribution in [3.05, 3.63) is 29.3 Å².